The molecule has 0 amide bonds. The third kappa shape index (κ3) is 0.983. The summed E-state index contributed by atoms with van der Waals surface area (Å²) < 4.78 is 0. The predicted molar refractivity (Wildman–Crippen MR) is 32.0 cm³/mol. The zero-order valence-corrected chi connectivity index (χ0v) is 4.46. The molecule has 1 heterocycles. The largest absolute Gasteiger partial charge is 0.285 e. The number of nitrogens with zero attached hydrogens (tertiary/aromatic N) is 2. The Morgan fingerprint density at radius 1 is 2.00 bits per heavy atom. The molecule has 42 valence electrons. The van der Waals surface area contributed by atoms with E-state index in [0.717, 1.165) is 0 Å². The minimum atomic E-state index is 0.587. The summed E-state index contributed by atoms with van der Waals surface area (Å²) in [6.45, 7) is 1.24. The van der Waals surface area contributed by atoms with E-state index in [1.165, 1.54) is 0 Å². The number of hydrogen-bond donors (Lipinski definition) is 1. The Balaban J connectivity index is 2.28. The van der Waals surface area contributed by atoms with Crippen LogP contribution in [0.25, 0.3) is 0 Å². The molecule has 1 aliphatic rings. The molecule has 0 fully saturated rings. The van der Waals surface area contributed by atoms with E-state index in [2.05, 4.69) is 16.3 Å². The lowest BCUT2D eigenvalue weighted by molar-refractivity contribution is 0.389. The maximum Gasteiger partial charge on any atom is 0.107 e. The highest BCUT2D eigenvalue weighted by Crippen LogP contribution is 1.81. The van der Waals surface area contributed by atoms with Crippen molar-refractivity contribution in [2.45, 2.75) is 0 Å². The molecule has 0 unspecified atom stereocenters. The van der Waals surface area contributed by atoms with Crippen LogP contribution in [0.1, 0.15) is 0 Å². The van der Waals surface area contributed by atoms with Crippen LogP contribution in [0.15, 0.2) is 4.99 Å². The van der Waals surface area contributed by atoms with Crippen LogP contribution in [0.2, 0.25) is 0 Å². The van der Waals surface area contributed by atoms with Crippen LogP contribution >= 0.6 is 0 Å². The molecular formula is C5H7N3. The minimum absolute atomic E-state index is 0.587. The van der Waals surface area contributed by atoms with Crippen LogP contribution in [-0.2, 0) is 0 Å². The fourth-order valence-corrected chi connectivity index (χ4v) is 0.507. The van der Waals surface area contributed by atoms with Crippen molar-refractivity contribution in [3.8, 4) is 12.3 Å². The zero-order valence-electron chi connectivity index (χ0n) is 4.46. The highest BCUT2D eigenvalue weighted by atomic mass is 15.6. The highest BCUT2D eigenvalue weighted by molar-refractivity contribution is 5.56. The van der Waals surface area contributed by atoms with Crippen LogP contribution in [-0.4, -0.2) is 24.6 Å². The Morgan fingerprint density at radius 3 is 3.38 bits per heavy atom. The molecule has 0 aromatic heterocycles. The molecule has 0 aromatic carbocycles. The molecule has 1 rings (SSSR count). The Morgan fingerprint density at radius 2 is 2.88 bits per heavy atom. The summed E-state index contributed by atoms with van der Waals surface area (Å²) in [4.78, 5) is 3.88. The summed E-state index contributed by atoms with van der Waals surface area (Å²) in [5.41, 5.74) is 2.93. The van der Waals surface area contributed by atoms with Gasteiger partial charge in [0.2, 0.25) is 0 Å². The smallest absolute Gasteiger partial charge is 0.107 e. The first-order chi connectivity index (χ1) is 3.93. The molecule has 0 saturated heterocycles. The van der Waals surface area contributed by atoms with E-state index >= 15 is 0 Å². The number of nitrogens with one attached hydrogen (secondary N) is 1. The van der Waals surface area contributed by atoms with Crippen LogP contribution in [0, 0.1) is 12.3 Å². The lowest BCUT2D eigenvalue weighted by Crippen LogP contribution is -2.31. The van der Waals surface area contributed by atoms with Crippen molar-refractivity contribution in [3.05, 3.63) is 0 Å². The van der Waals surface area contributed by atoms with Crippen LogP contribution < -0.4 is 5.43 Å². The van der Waals surface area contributed by atoms with Gasteiger partial charge in [-0.05, 0) is 0 Å². The standard InChI is InChI=1S/C5H7N3/c1-2-3-8-5-6-4-7-8/h1,5,7H,3-4H2. The normalized spacial score (nSPS) is 16.6. The number of aliphatic imine (C=N–C) groups is 1. The van der Waals surface area contributed by atoms with E-state index in [1.54, 1.807) is 11.3 Å². The summed E-state index contributed by atoms with van der Waals surface area (Å²) in [5, 5.41) is 1.76. The molecule has 1 aliphatic heterocycles. The summed E-state index contributed by atoms with van der Waals surface area (Å²) in [6, 6.07) is 0. The Kier molecular flexibility index (Phi) is 1.50. The molecule has 0 saturated carbocycles. The second-order valence-corrected chi connectivity index (χ2v) is 1.45. The minimum Gasteiger partial charge on any atom is -0.285 e. The van der Waals surface area contributed by atoms with Gasteiger partial charge in [-0.3, -0.25) is 10.0 Å². The van der Waals surface area contributed by atoms with Gasteiger partial charge in [0.25, 0.3) is 0 Å². The lowest BCUT2D eigenvalue weighted by atomic mass is 10.7. The first kappa shape index (κ1) is 5.13. The molecule has 3 heteroatoms. The molecule has 3 nitrogen and oxygen atoms in total. The van der Waals surface area contributed by atoms with Crippen molar-refractivity contribution in [1.82, 2.24) is 10.4 Å². The zero-order chi connectivity index (χ0) is 5.82. The van der Waals surface area contributed by atoms with E-state index in [0.29, 0.717) is 13.2 Å². The van der Waals surface area contributed by atoms with Crippen molar-refractivity contribution in [1.29, 1.82) is 0 Å². The molecule has 0 radical (unpaired) electrons. The van der Waals surface area contributed by atoms with Crippen LogP contribution in [0.5, 0.6) is 0 Å². The van der Waals surface area contributed by atoms with Gasteiger partial charge in [-0.15, -0.1) is 6.42 Å². The van der Waals surface area contributed by atoms with Gasteiger partial charge in [-0.2, -0.15) is 0 Å². The van der Waals surface area contributed by atoms with Crippen molar-refractivity contribution < 1.29 is 0 Å². The van der Waals surface area contributed by atoms with Gasteiger partial charge in [-0.25, -0.2) is 5.43 Å². The monoisotopic (exact) mass is 109 g/mol. The Labute approximate surface area is 48.4 Å². The summed E-state index contributed by atoms with van der Waals surface area (Å²) in [5.74, 6) is 2.48. The average molecular weight is 109 g/mol. The van der Waals surface area contributed by atoms with Gasteiger partial charge in [0.15, 0.2) is 0 Å². The molecule has 0 bridgehead atoms. The van der Waals surface area contributed by atoms with Crippen LogP contribution in [0.4, 0.5) is 0 Å². The number of rotatable bonds is 1. The predicted octanol–water partition coefficient (Wildman–Crippen LogP) is -0.574. The first-order valence-corrected chi connectivity index (χ1v) is 2.37. The molecule has 0 aliphatic carbocycles. The van der Waals surface area contributed by atoms with E-state index in [9.17, 15) is 0 Å². The van der Waals surface area contributed by atoms with Crippen molar-refractivity contribution in [2.75, 3.05) is 13.2 Å². The molecule has 0 atom stereocenters. The third-order valence-electron chi connectivity index (χ3n) is 0.848. The Hall–Kier alpha value is -1.01. The van der Waals surface area contributed by atoms with Gasteiger partial charge in [0.1, 0.15) is 13.0 Å². The molecule has 8 heavy (non-hydrogen) atoms. The second kappa shape index (κ2) is 2.34. The van der Waals surface area contributed by atoms with Gasteiger partial charge >= 0.3 is 0 Å². The number of terminal acetylenes is 1. The van der Waals surface area contributed by atoms with Crippen LogP contribution in [0.3, 0.4) is 0 Å². The molecule has 0 spiro atoms. The van der Waals surface area contributed by atoms with E-state index in [4.69, 9.17) is 6.42 Å². The summed E-state index contributed by atoms with van der Waals surface area (Å²) in [6.07, 6.45) is 6.71. The average Bonchev–Trinajstić information content (AvgIpc) is 2.19. The second-order valence-electron chi connectivity index (χ2n) is 1.45. The summed E-state index contributed by atoms with van der Waals surface area (Å²) in [7, 11) is 0. The number of hydrogen-bond acceptors (Lipinski definition) is 3. The van der Waals surface area contributed by atoms with Gasteiger partial charge in [-0.1, -0.05) is 5.92 Å². The summed E-state index contributed by atoms with van der Waals surface area (Å²) >= 11 is 0. The van der Waals surface area contributed by atoms with E-state index < -0.39 is 0 Å². The van der Waals surface area contributed by atoms with Gasteiger partial charge < -0.3 is 0 Å². The SMILES string of the molecule is C#CCN1C=NCN1. The highest BCUT2D eigenvalue weighted by Gasteiger charge is 1.98. The maximum absolute atomic E-state index is 5.01. The van der Waals surface area contributed by atoms with E-state index in [1.807, 2.05) is 0 Å². The van der Waals surface area contributed by atoms with E-state index in [-0.39, 0.29) is 0 Å². The third-order valence-corrected chi connectivity index (χ3v) is 0.848. The quantitative estimate of drug-likeness (QED) is 0.456. The first-order valence-electron chi connectivity index (χ1n) is 2.37. The van der Waals surface area contributed by atoms with Gasteiger partial charge in [0, 0.05) is 0 Å². The Bertz CT molecular complexity index is 133. The number of hydrazine groups is 1. The van der Waals surface area contributed by atoms with Gasteiger partial charge in [0.05, 0.1) is 6.54 Å². The fourth-order valence-electron chi connectivity index (χ4n) is 0.507. The van der Waals surface area contributed by atoms with Crippen molar-refractivity contribution in [2.24, 2.45) is 4.99 Å². The maximum atomic E-state index is 5.01. The topological polar surface area (TPSA) is 27.6 Å². The van der Waals surface area contributed by atoms with Crippen molar-refractivity contribution >= 4 is 6.34 Å². The lowest BCUT2D eigenvalue weighted by Gasteiger charge is -2.07. The molecule has 1 N–H and O–H groups in total. The fraction of sp³-hybridized carbons (Fsp3) is 0.400. The molecule has 0 aromatic rings. The van der Waals surface area contributed by atoms with Crippen molar-refractivity contribution in [3.63, 3.8) is 0 Å². The molecular weight excluding hydrogens is 102 g/mol.